The van der Waals surface area contributed by atoms with Crippen molar-refractivity contribution in [2.24, 2.45) is 5.73 Å². The van der Waals surface area contributed by atoms with Crippen LogP contribution in [0.4, 0.5) is 0 Å². The van der Waals surface area contributed by atoms with E-state index >= 15 is 0 Å². The highest BCUT2D eigenvalue weighted by Gasteiger charge is 2.60. The lowest BCUT2D eigenvalue weighted by Crippen LogP contribution is -2.50. The average Bonchev–Trinajstić information content (AvgIpc) is 2.36. The van der Waals surface area contributed by atoms with Gasteiger partial charge in [-0.1, -0.05) is 4.67 Å². The number of nitrogens with zero attached hydrogens (tertiary/aromatic N) is 2. The van der Waals surface area contributed by atoms with Gasteiger partial charge in [0.1, 0.15) is 0 Å². The molecule has 0 bridgehead atoms. The van der Waals surface area contributed by atoms with Crippen molar-refractivity contribution in [2.75, 3.05) is 13.2 Å². The second-order valence-corrected chi connectivity index (χ2v) is 6.66. The fourth-order valence-corrected chi connectivity index (χ4v) is 3.59. The van der Waals surface area contributed by atoms with E-state index in [0.717, 1.165) is 0 Å². The van der Waals surface area contributed by atoms with Crippen molar-refractivity contribution < 1.29 is 19.5 Å². The van der Waals surface area contributed by atoms with Gasteiger partial charge < -0.3 is 20.7 Å². The van der Waals surface area contributed by atoms with Crippen molar-refractivity contribution in [1.82, 2.24) is 4.67 Å². The molecule has 0 saturated carbocycles. The quantitative estimate of drug-likeness (QED) is 0.326. The molecule has 0 aromatic heterocycles. The molecule has 0 saturated heterocycles. The van der Waals surface area contributed by atoms with Crippen LogP contribution in [0.1, 0.15) is 34.1 Å². The van der Waals surface area contributed by atoms with E-state index in [-0.39, 0.29) is 31.7 Å². The summed E-state index contributed by atoms with van der Waals surface area (Å²) < 4.78 is 19.3. The summed E-state index contributed by atoms with van der Waals surface area (Å²) in [6, 6.07) is 1.62. The Hall–Kier alpha value is -0.610. The maximum atomic E-state index is 12.6. The summed E-state index contributed by atoms with van der Waals surface area (Å²) >= 11 is 0. The van der Waals surface area contributed by atoms with Crippen LogP contribution < -0.4 is 5.73 Å². The Labute approximate surface area is 121 Å². The number of rotatable bonds is 9. The maximum absolute atomic E-state index is 12.6. The monoisotopic (exact) mass is 306 g/mol. The molecule has 0 aliphatic rings. The molecule has 0 heterocycles. The molecule has 20 heavy (non-hydrogen) atoms. The van der Waals surface area contributed by atoms with E-state index in [2.05, 4.69) is 0 Å². The van der Waals surface area contributed by atoms with Gasteiger partial charge in [-0.2, -0.15) is 5.26 Å². The summed E-state index contributed by atoms with van der Waals surface area (Å²) in [5, 5.41) is 28.8. The Kier molecular flexibility index (Phi) is 8.36. The topological polar surface area (TPSA) is 120 Å². The highest BCUT2D eigenvalue weighted by Crippen LogP contribution is 2.46. The minimum atomic E-state index is -2.45. The molecule has 116 valence electrons. The predicted molar refractivity (Wildman–Crippen MR) is 75.9 cm³/mol. The zero-order valence-electron chi connectivity index (χ0n) is 12.5. The summed E-state index contributed by atoms with van der Waals surface area (Å²) in [4.78, 5) is 0. The summed E-state index contributed by atoms with van der Waals surface area (Å²) in [5.74, 6) is 0. The lowest BCUT2D eigenvalue weighted by molar-refractivity contribution is -0.195. The second-order valence-electron chi connectivity index (χ2n) is 5.01. The van der Waals surface area contributed by atoms with Crippen LogP contribution in [0, 0.1) is 11.3 Å². The van der Waals surface area contributed by atoms with Crippen LogP contribution in [0.3, 0.4) is 0 Å². The molecular formula is C12H25N3O4P+. The number of nitriles is 1. The molecule has 0 radical (unpaired) electrons. The van der Waals surface area contributed by atoms with Gasteiger partial charge in [0.2, 0.25) is 0 Å². The Morgan fingerprint density at radius 1 is 1.40 bits per heavy atom. The van der Waals surface area contributed by atoms with E-state index in [0.29, 0.717) is 0 Å². The van der Waals surface area contributed by atoms with Crippen LogP contribution in [0.25, 0.3) is 0 Å². The zero-order chi connectivity index (χ0) is 15.9. The molecule has 0 aliphatic carbocycles. The third kappa shape index (κ3) is 4.74. The molecule has 0 aromatic rings. The summed E-state index contributed by atoms with van der Waals surface area (Å²) in [5.41, 5.74) is 3.07. The van der Waals surface area contributed by atoms with Crippen LogP contribution >= 0.6 is 7.95 Å². The Morgan fingerprint density at radius 2 is 1.90 bits per heavy atom. The molecule has 0 spiro atoms. The molecule has 3 atom stereocenters. The lowest BCUT2D eigenvalue weighted by Gasteiger charge is -2.28. The normalized spacial score (nSPS) is 17.1. The smallest absolute Gasteiger partial charge is 0.381 e. The fraction of sp³-hybridized carbons (Fsp3) is 0.917. The molecule has 0 amide bonds. The van der Waals surface area contributed by atoms with Crippen molar-refractivity contribution >= 4 is 7.95 Å². The molecule has 0 aliphatic heterocycles. The standard InChI is InChI=1S/C12H25N3O4P/c1-9(2)15(10(3)4)20(18)12(17,11(16)8-14)19-7-5-6-13/h9-11,16-17H,5,7-8,14H2,1-4H3/q+1/t11?,12-/m0/s1. The van der Waals surface area contributed by atoms with Gasteiger partial charge in [0.15, 0.2) is 6.10 Å². The van der Waals surface area contributed by atoms with Gasteiger partial charge in [-0.3, -0.25) is 0 Å². The van der Waals surface area contributed by atoms with E-state index in [1.54, 1.807) is 4.67 Å². The highest BCUT2D eigenvalue weighted by molar-refractivity contribution is 7.43. The minimum absolute atomic E-state index is 0.0200. The molecule has 2 unspecified atom stereocenters. The average molecular weight is 306 g/mol. The van der Waals surface area contributed by atoms with Crippen LogP contribution in [-0.4, -0.2) is 51.8 Å². The van der Waals surface area contributed by atoms with Crippen LogP contribution in [0.5, 0.6) is 0 Å². The van der Waals surface area contributed by atoms with Gasteiger partial charge in [-0.05, 0) is 32.3 Å². The van der Waals surface area contributed by atoms with Gasteiger partial charge in [0.25, 0.3) is 0 Å². The predicted octanol–water partition coefficient (Wildman–Crippen LogP) is 0.744. The van der Waals surface area contributed by atoms with Crippen LogP contribution in [-0.2, 0) is 9.30 Å². The fourth-order valence-electron chi connectivity index (χ4n) is 1.86. The first-order valence-electron chi connectivity index (χ1n) is 6.59. The molecule has 8 heteroatoms. The number of hydrogen-bond donors (Lipinski definition) is 3. The summed E-state index contributed by atoms with van der Waals surface area (Å²) in [6.07, 6.45) is -1.48. The lowest BCUT2D eigenvalue weighted by atomic mass is 10.3. The number of aliphatic hydroxyl groups is 2. The minimum Gasteiger partial charge on any atom is -0.381 e. The zero-order valence-corrected chi connectivity index (χ0v) is 13.4. The number of aliphatic hydroxyl groups excluding tert-OH is 1. The number of nitrogens with two attached hydrogens (primary N) is 1. The van der Waals surface area contributed by atoms with Gasteiger partial charge >= 0.3 is 13.5 Å². The van der Waals surface area contributed by atoms with Crippen molar-refractivity contribution in [1.29, 1.82) is 5.26 Å². The number of hydrogen-bond acceptors (Lipinski definition) is 6. The number of ether oxygens (including phenoxy) is 1. The SMILES string of the molecule is CC(C)N(C(C)C)[P+](=O)[C@@](O)(OCCC#N)C(O)CN. The second kappa shape index (κ2) is 8.63. The van der Waals surface area contributed by atoms with Crippen LogP contribution in [0.2, 0.25) is 0 Å². The molecule has 0 aromatic carbocycles. The Bertz CT molecular complexity index is 351. The van der Waals surface area contributed by atoms with E-state index in [1.807, 2.05) is 33.8 Å². The first-order valence-corrected chi connectivity index (χ1v) is 7.80. The molecule has 0 fully saturated rings. The third-order valence-electron chi connectivity index (χ3n) is 2.73. The Balaban J connectivity index is 5.29. The molecule has 7 nitrogen and oxygen atoms in total. The van der Waals surface area contributed by atoms with E-state index in [4.69, 9.17) is 15.7 Å². The summed E-state index contributed by atoms with van der Waals surface area (Å²) in [7, 11) is -2.45. The van der Waals surface area contributed by atoms with Gasteiger partial charge in [0.05, 0.1) is 19.1 Å². The van der Waals surface area contributed by atoms with Gasteiger partial charge in [-0.25, -0.2) is 0 Å². The molecular weight excluding hydrogens is 281 g/mol. The van der Waals surface area contributed by atoms with Gasteiger partial charge in [0, 0.05) is 18.6 Å². The van der Waals surface area contributed by atoms with Crippen molar-refractivity contribution in [3.05, 3.63) is 0 Å². The largest absolute Gasteiger partial charge is 0.505 e. The third-order valence-corrected chi connectivity index (χ3v) is 5.05. The van der Waals surface area contributed by atoms with Crippen molar-refractivity contribution in [2.45, 2.75) is 57.8 Å². The van der Waals surface area contributed by atoms with Gasteiger partial charge in [-0.15, -0.1) is 0 Å². The molecule has 4 N–H and O–H groups in total. The highest BCUT2D eigenvalue weighted by atomic mass is 31.1. The van der Waals surface area contributed by atoms with E-state index < -0.39 is 19.6 Å². The van der Waals surface area contributed by atoms with E-state index in [9.17, 15) is 14.8 Å². The first kappa shape index (κ1) is 19.4. The van der Waals surface area contributed by atoms with Crippen molar-refractivity contribution in [3.8, 4) is 6.07 Å². The van der Waals surface area contributed by atoms with Crippen molar-refractivity contribution in [3.63, 3.8) is 0 Å². The first-order chi connectivity index (χ1) is 9.22. The molecule has 0 rings (SSSR count). The summed E-state index contributed by atoms with van der Waals surface area (Å²) in [6.45, 7) is 6.90. The maximum Gasteiger partial charge on any atom is 0.505 e. The Morgan fingerprint density at radius 3 is 2.25 bits per heavy atom. The van der Waals surface area contributed by atoms with Crippen LogP contribution in [0.15, 0.2) is 0 Å². The van der Waals surface area contributed by atoms with E-state index in [1.165, 1.54) is 0 Å².